The molecule has 0 bridgehead atoms. The second-order valence-corrected chi connectivity index (χ2v) is 6.56. The maximum absolute atomic E-state index is 6.30. The van der Waals surface area contributed by atoms with Gasteiger partial charge in [0.1, 0.15) is 0 Å². The number of halogens is 3. The van der Waals surface area contributed by atoms with Crippen molar-refractivity contribution in [2.24, 2.45) is 7.05 Å². The zero-order valence-electron chi connectivity index (χ0n) is 11.3. The number of hydrogen-bond acceptors (Lipinski definition) is 2. The highest BCUT2D eigenvalue weighted by molar-refractivity contribution is 14.1. The third-order valence-corrected chi connectivity index (χ3v) is 4.59. The minimum Gasteiger partial charge on any atom is -0.305 e. The number of nitrogens with zero attached hydrogens (tertiary/aromatic N) is 2. The summed E-state index contributed by atoms with van der Waals surface area (Å²) >= 11 is 14.8. The summed E-state index contributed by atoms with van der Waals surface area (Å²) in [6.07, 6.45) is 2.72. The number of hydrogen-bond donors (Lipinski definition) is 1. The van der Waals surface area contributed by atoms with Crippen LogP contribution < -0.4 is 5.32 Å². The Bertz CT molecular complexity index is 579. The van der Waals surface area contributed by atoms with E-state index in [-0.39, 0.29) is 6.04 Å². The molecule has 0 saturated carbocycles. The molecule has 6 heteroatoms. The predicted octanol–water partition coefficient (Wildman–Crippen LogP) is 4.42. The summed E-state index contributed by atoms with van der Waals surface area (Å²) < 4.78 is 2.96. The fourth-order valence-electron chi connectivity index (χ4n) is 2.12. The molecule has 1 heterocycles. The molecule has 0 amide bonds. The first kappa shape index (κ1) is 16.1. The van der Waals surface area contributed by atoms with Gasteiger partial charge in [0.25, 0.3) is 0 Å². The molecule has 2 rings (SSSR count). The summed E-state index contributed by atoms with van der Waals surface area (Å²) in [5, 5.41) is 9.15. The van der Waals surface area contributed by atoms with Crippen LogP contribution in [0.2, 0.25) is 10.0 Å². The van der Waals surface area contributed by atoms with Gasteiger partial charge in [0.15, 0.2) is 0 Å². The minimum atomic E-state index is -0.0134. The van der Waals surface area contributed by atoms with Crippen molar-refractivity contribution in [2.75, 3.05) is 6.54 Å². The molecule has 1 aromatic carbocycles. The van der Waals surface area contributed by atoms with E-state index in [0.717, 1.165) is 32.8 Å². The van der Waals surface area contributed by atoms with Gasteiger partial charge in [0.2, 0.25) is 0 Å². The Morgan fingerprint density at radius 2 is 2.15 bits per heavy atom. The fraction of sp³-hybridized carbons (Fsp3) is 0.357. The Morgan fingerprint density at radius 1 is 1.40 bits per heavy atom. The molecule has 1 atom stereocenters. The maximum atomic E-state index is 6.30. The van der Waals surface area contributed by atoms with Crippen molar-refractivity contribution in [1.29, 1.82) is 0 Å². The average molecular weight is 424 g/mol. The molecule has 0 aliphatic heterocycles. The number of aromatic nitrogens is 2. The summed E-state index contributed by atoms with van der Waals surface area (Å²) in [7, 11) is 1.90. The zero-order valence-corrected chi connectivity index (χ0v) is 15.0. The van der Waals surface area contributed by atoms with Crippen LogP contribution >= 0.6 is 45.8 Å². The molecular weight excluding hydrogens is 408 g/mol. The van der Waals surface area contributed by atoms with Gasteiger partial charge in [-0.05, 0) is 59.3 Å². The number of aryl methyl sites for hydroxylation is 1. The van der Waals surface area contributed by atoms with Gasteiger partial charge in [-0.2, -0.15) is 5.10 Å². The van der Waals surface area contributed by atoms with Gasteiger partial charge in [0.05, 0.1) is 23.0 Å². The van der Waals surface area contributed by atoms with Crippen LogP contribution in [0.1, 0.15) is 30.6 Å². The molecule has 0 saturated heterocycles. The average Bonchev–Trinajstić information content (AvgIpc) is 2.74. The Kier molecular flexibility index (Phi) is 5.72. The van der Waals surface area contributed by atoms with Gasteiger partial charge in [-0.1, -0.05) is 30.1 Å². The molecule has 0 radical (unpaired) electrons. The van der Waals surface area contributed by atoms with Gasteiger partial charge in [-0.15, -0.1) is 0 Å². The van der Waals surface area contributed by atoms with Gasteiger partial charge >= 0.3 is 0 Å². The Labute approximate surface area is 142 Å². The Morgan fingerprint density at radius 3 is 2.75 bits per heavy atom. The number of nitrogens with one attached hydrogen (secondary N) is 1. The third-order valence-electron chi connectivity index (χ3n) is 3.08. The SMILES string of the molecule is CCCNC(c1cc(Cl)ccc1I)c1c(Cl)cnn1C. The molecule has 1 aromatic heterocycles. The van der Waals surface area contributed by atoms with E-state index in [0.29, 0.717) is 5.02 Å². The summed E-state index contributed by atoms with van der Waals surface area (Å²) in [6.45, 7) is 3.03. The zero-order chi connectivity index (χ0) is 14.7. The van der Waals surface area contributed by atoms with Crippen molar-refractivity contribution in [2.45, 2.75) is 19.4 Å². The van der Waals surface area contributed by atoms with Crippen molar-refractivity contribution in [3.63, 3.8) is 0 Å². The van der Waals surface area contributed by atoms with Gasteiger partial charge in [-0.25, -0.2) is 0 Å². The molecule has 0 aliphatic rings. The van der Waals surface area contributed by atoms with Crippen molar-refractivity contribution < 1.29 is 0 Å². The molecule has 1 N–H and O–H groups in total. The van der Waals surface area contributed by atoms with Gasteiger partial charge in [-0.3, -0.25) is 4.68 Å². The second kappa shape index (κ2) is 7.11. The molecule has 108 valence electrons. The topological polar surface area (TPSA) is 29.9 Å². The minimum absolute atomic E-state index is 0.0134. The van der Waals surface area contributed by atoms with Crippen molar-refractivity contribution in [1.82, 2.24) is 15.1 Å². The van der Waals surface area contributed by atoms with E-state index in [1.54, 1.807) is 6.20 Å². The van der Waals surface area contributed by atoms with Crippen molar-refractivity contribution in [3.05, 3.63) is 49.3 Å². The lowest BCUT2D eigenvalue weighted by Crippen LogP contribution is -2.26. The predicted molar refractivity (Wildman–Crippen MR) is 92.5 cm³/mol. The van der Waals surface area contributed by atoms with Crippen LogP contribution in [-0.2, 0) is 7.05 Å². The molecule has 0 spiro atoms. The van der Waals surface area contributed by atoms with E-state index in [9.17, 15) is 0 Å². The van der Waals surface area contributed by atoms with Crippen molar-refractivity contribution in [3.8, 4) is 0 Å². The van der Waals surface area contributed by atoms with Crippen LogP contribution in [0.15, 0.2) is 24.4 Å². The molecule has 0 fully saturated rings. The quantitative estimate of drug-likeness (QED) is 0.721. The van der Waals surface area contributed by atoms with E-state index in [1.165, 1.54) is 0 Å². The lowest BCUT2D eigenvalue weighted by Gasteiger charge is -2.21. The van der Waals surface area contributed by atoms with Crippen LogP contribution in [0.3, 0.4) is 0 Å². The highest BCUT2D eigenvalue weighted by atomic mass is 127. The van der Waals surface area contributed by atoms with E-state index in [1.807, 2.05) is 29.9 Å². The van der Waals surface area contributed by atoms with Crippen LogP contribution in [0, 0.1) is 3.57 Å². The first-order chi connectivity index (χ1) is 9.54. The van der Waals surface area contributed by atoms with E-state index < -0.39 is 0 Å². The molecule has 0 aliphatic carbocycles. The lowest BCUT2D eigenvalue weighted by molar-refractivity contribution is 0.552. The number of benzene rings is 1. The molecule has 3 nitrogen and oxygen atoms in total. The first-order valence-electron chi connectivity index (χ1n) is 6.40. The summed E-state index contributed by atoms with van der Waals surface area (Å²) in [5.74, 6) is 0. The van der Waals surface area contributed by atoms with Crippen LogP contribution in [-0.4, -0.2) is 16.3 Å². The van der Waals surface area contributed by atoms with Crippen LogP contribution in [0.25, 0.3) is 0 Å². The Balaban J connectivity index is 2.50. The standard InChI is InChI=1S/C14H16Cl2IN3/c1-3-6-18-13(14-11(16)8-19-20(14)2)10-7-9(15)4-5-12(10)17/h4-5,7-8,13,18H,3,6H2,1-2H3. The lowest BCUT2D eigenvalue weighted by atomic mass is 10.0. The van der Waals surface area contributed by atoms with Crippen LogP contribution in [0.4, 0.5) is 0 Å². The monoisotopic (exact) mass is 423 g/mol. The summed E-state index contributed by atoms with van der Waals surface area (Å²) in [4.78, 5) is 0. The molecule has 20 heavy (non-hydrogen) atoms. The van der Waals surface area contributed by atoms with Gasteiger partial charge < -0.3 is 5.32 Å². The molecule has 2 aromatic rings. The Hall–Kier alpha value is -0.300. The smallest absolute Gasteiger partial charge is 0.0837 e. The number of rotatable bonds is 5. The third kappa shape index (κ3) is 3.47. The first-order valence-corrected chi connectivity index (χ1v) is 8.23. The maximum Gasteiger partial charge on any atom is 0.0837 e. The van der Waals surface area contributed by atoms with Crippen LogP contribution in [0.5, 0.6) is 0 Å². The highest BCUT2D eigenvalue weighted by Gasteiger charge is 2.22. The van der Waals surface area contributed by atoms with Gasteiger partial charge in [0, 0.05) is 15.6 Å². The van der Waals surface area contributed by atoms with E-state index in [2.05, 4.69) is 39.9 Å². The van der Waals surface area contributed by atoms with Crippen molar-refractivity contribution >= 4 is 45.8 Å². The van der Waals surface area contributed by atoms with E-state index >= 15 is 0 Å². The summed E-state index contributed by atoms with van der Waals surface area (Å²) in [5.41, 5.74) is 2.08. The van der Waals surface area contributed by atoms with E-state index in [4.69, 9.17) is 23.2 Å². The fourth-order valence-corrected chi connectivity index (χ4v) is 3.23. The summed E-state index contributed by atoms with van der Waals surface area (Å²) in [6, 6.07) is 5.89. The molecule has 1 unspecified atom stereocenters. The second-order valence-electron chi connectivity index (χ2n) is 4.55. The molecular formula is C14H16Cl2IN3. The normalized spacial score (nSPS) is 12.7. The highest BCUT2D eigenvalue weighted by Crippen LogP contribution is 2.32. The largest absolute Gasteiger partial charge is 0.305 e.